The number of hydrogen-bond acceptors (Lipinski definition) is 6. The first-order valence-electron chi connectivity index (χ1n) is 9.43. The largest absolute Gasteiger partial charge is 0.493 e. The molecule has 1 fully saturated rings. The molecular formula is C20H26N4O4. The van der Waals surface area contributed by atoms with Crippen molar-refractivity contribution in [3.8, 4) is 11.6 Å². The summed E-state index contributed by atoms with van der Waals surface area (Å²) < 4.78 is 6.40. The Kier molecular flexibility index (Phi) is 6.43. The third kappa shape index (κ3) is 4.58. The molecule has 1 aromatic carbocycles. The minimum atomic E-state index is -0.685. The molecule has 0 radical (unpaired) electrons. The predicted molar refractivity (Wildman–Crippen MR) is 108 cm³/mol. The van der Waals surface area contributed by atoms with E-state index in [1.54, 1.807) is 12.1 Å². The van der Waals surface area contributed by atoms with Crippen LogP contribution in [0.4, 0.5) is 0 Å². The molecule has 8 nitrogen and oxygen atoms in total. The number of ether oxygens (including phenoxy) is 1. The first kappa shape index (κ1) is 20.0. The molecule has 0 amide bonds. The molecule has 3 rings (SSSR count). The van der Waals surface area contributed by atoms with Crippen molar-refractivity contribution in [2.75, 3.05) is 39.4 Å². The van der Waals surface area contributed by atoms with Gasteiger partial charge in [0.1, 0.15) is 5.56 Å². The lowest BCUT2D eigenvalue weighted by atomic mass is 10.1. The zero-order chi connectivity index (χ0) is 20.1. The second-order valence-corrected chi connectivity index (χ2v) is 6.94. The molecule has 8 heteroatoms. The average molecular weight is 386 g/mol. The topological polar surface area (TPSA) is 99.9 Å². The van der Waals surface area contributed by atoms with E-state index in [1.165, 1.54) is 6.21 Å². The Morgan fingerprint density at radius 3 is 2.68 bits per heavy atom. The van der Waals surface area contributed by atoms with Crippen LogP contribution in [0, 0.1) is 13.8 Å². The van der Waals surface area contributed by atoms with Crippen molar-refractivity contribution in [1.82, 2.24) is 14.5 Å². The van der Waals surface area contributed by atoms with Crippen molar-refractivity contribution < 1.29 is 9.84 Å². The lowest BCUT2D eigenvalue weighted by molar-refractivity contribution is 0.0377. The molecule has 1 saturated heterocycles. The van der Waals surface area contributed by atoms with E-state index in [1.807, 2.05) is 19.9 Å². The molecule has 0 spiro atoms. The third-order valence-corrected chi connectivity index (χ3v) is 4.96. The van der Waals surface area contributed by atoms with Gasteiger partial charge < -0.3 is 9.84 Å². The molecule has 2 N–H and O–H groups in total. The Hall–Kier alpha value is -2.71. The fraction of sp³-hybridized carbons (Fsp3) is 0.450. The highest BCUT2D eigenvalue weighted by atomic mass is 16.5. The highest BCUT2D eigenvalue weighted by Crippen LogP contribution is 2.18. The minimum absolute atomic E-state index is 0.0239. The smallest absolute Gasteiger partial charge is 0.335 e. The molecule has 1 aliphatic rings. The number of H-pyrrole nitrogens is 1. The van der Waals surface area contributed by atoms with E-state index in [2.05, 4.69) is 14.9 Å². The molecule has 1 aliphatic heterocycles. The maximum Gasteiger partial charge on any atom is 0.335 e. The molecule has 150 valence electrons. The van der Waals surface area contributed by atoms with E-state index < -0.39 is 17.1 Å². The van der Waals surface area contributed by atoms with Crippen LogP contribution in [0.25, 0.3) is 5.69 Å². The zero-order valence-corrected chi connectivity index (χ0v) is 16.3. The first-order valence-corrected chi connectivity index (χ1v) is 9.43. The van der Waals surface area contributed by atoms with Crippen LogP contribution in [0.3, 0.4) is 0 Å². The zero-order valence-electron chi connectivity index (χ0n) is 16.3. The van der Waals surface area contributed by atoms with Gasteiger partial charge >= 0.3 is 5.69 Å². The molecule has 0 atom stereocenters. The van der Waals surface area contributed by atoms with Crippen LogP contribution in [-0.4, -0.2) is 65.2 Å². The number of aryl methyl sites for hydroxylation is 2. The first-order chi connectivity index (χ1) is 13.5. The summed E-state index contributed by atoms with van der Waals surface area (Å²) in [6, 6.07) is 5.38. The molecule has 28 heavy (non-hydrogen) atoms. The average Bonchev–Trinajstić information content (AvgIpc) is 2.67. The second-order valence-electron chi connectivity index (χ2n) is 6.94. The fourth-order valence-electron chi connectivity index (χ4n) is 3.13. The summed E-state index contributed by atoms with van der Waals surface area (Å²) in [7, 11) is 0. The standard InChI is InChI=1S/C20H26N4O4/c1-14-4-5-16(12-15(14)2)24-19(26)17(18(25)22-20(24)27)13-21-6-3-7-23-8-10-28-11-9-23/h4-5,12-13,26H,3,6-11H2,1-2H3,(H,22,25,27). The van der Waals surface area contributed by atoms with E-state index in [0.29, 0.717) is 12.2 Å². The van der Waals surface area contributed by atoms with Crippen LogP contribution in [0.2, 0.25) is 0 Å². The molecule has 0 bridgehead atoms. The number of morpholine rings is 1. The van der Waals surface area contributed by atoms with Gasteiger partial charge in [0, 0.05) is 32.4 Å². The molecular weight excluding hydrogens is 360 g/mol. The Morgan fingerprint density at radius 1 is 1.21 bits per heavy atom. The number of aromatic hydroxyl groups is 1. The highest BCUT2D eigenvalue weighted by Gasteiger charge is 2.14. The summed E-state index contributed by atoms with van der Waals surface area (Å²) in [6.07, 6.45) is 2.18. The molecule has 0 unspecified atom stereocenters. The number of aromatic nitrogens is 2. The Bertz CT molecular complexity index is 971. The van der Waals surface area contributed by atoms with Crippen LogP contribution in [0.5, 0.6) is 5.88 Å². The molecule has 2 heterocycles. The SMILES string of the molecule is Cc1ccc(-n2c(O)c(C=NCCCN3CCOCC3)c(=O)[nH]c2=O)cc1C. The summed E-state index contributed by atoms with van der Waals surface area (Å²) in [4.78, 5) is 33.2. The minimum Gasteiger partial charge on any atom is -0.493 e. The number of benzene rings is 1. The van der Waals surface area contributed by atoms with Gasteiger partial charge in [-0.15, -0.1) is 0 Å². The third-order valence-electron chi connectivity index (χ3n) is 4.96. The van der Waals surface area contributed by atoms with Crippen LogP contribution in [-0.2, 0) is 4.74 Å². The number of nitrogens with one attached hydrogen (secondary N) is 1. The van der Waals surface area contributed by atoms with Crippen LogP contribution in [0.1, 0.15) is 23.1 Å². The number of rotatable bonds is 6. The van der Waals surface area contributed by atoms with Crippen LogP contribution < -0.4 is 11.2 Å². The van der Waals surface area contributed by atoms with E-state index in [0.717, 1.165) is 55.0 Å². The predicted octanol–water partition coefficient (Wildman–Crippen LogP) is 0.989. The van der Waals surface area contributed by atoms with Gasteiger partial charge in [-0.05, 0) is 43.5 Å². The highest BCUT2D eigenvalue weighted by molar-refractivity contribution is 5.82. The number of hydrogen-bond donors (Lipinski definition) is 2. The molecule has 1 aromatic heterocycles. The van der Waals surface area contributed by atoms with Gasteiger partial charge in [-0.25, -0.2) is 9.36 Å². The van der Waals surface area contributed by atoms with Crippen molar-refractivity contribution in [3.05, 3.63) is 55.7 Å². The fourth-order valence-corrected chi connectivity index (χ4v) is 3.13. The van der Waals surface area contributed by atoms with E-state index in [9.17, 15) is 14.7 Å². The summed E-state index contributed by atoms with van der Waals surface area (Å²) >= 11 is 0. The van der Waals surface area contributed by atoms with E-state index >= 15 is 0 Å². The van der Waals surface area contributed by atoms with Gasteiger partial charge in [-0.2, -0.15) is 0 Å². The summed E-state index contributed by atoms with van der Waals surface area (Å²) in [5.74, 6) is -0.408. The quantitative estimate of drug-likeness (QED) is 0.570. The van der Waals surface area contributed by atoms with Crippen LogP contribution in [0.15, 0.2) is 32.8 Å². The number of nitrogens with zero attached hydrogens (tertiary/aromatic N) is 3. The lowest BCUT2D eigenvalue weighted by Gasteiger charge is -2.26. The Morgan fingerprint density at radius 2 is 1.96 bits per heavy atom. The maximum absolute atomic E-state index is 12.2. The summed E-state index contributed by atoms with van der Waals surface area (Å²) in [6.45, 7) is 8.67. The Balaban J connectivity index is 1.76. The lowest BCUT2D eigenvalue weighted by Crippen LogP contribution is -2.37. The molecule has 2 aromatic rings. The molecule has 0 saturated carbocycles. The molecule has 0 aliphatic carbocycles. The van der Waals surface area contributed by atoms with E-state index in [-0.39, 0.29) is 5.56 Å². The normalized spacial score (nSPS) is 15.4. The maximum atomic E-state index is 12.2. The number of aromatic amines is 1. The van der Waals surface area contributed by atoms with Crippen molar-refractivity contribution in [2.45, 2.75) is 20.3 Å². The Labute approximate surface area is 163 Å². The van der Waals surface area contributed by atoms with Gasteiger partial charge in [0.25, 0.3) is 5.56 Å². The number of aliphatic imine (C=N–C) groups is 1. The second kappa shape index (κ2) is 8.99. The van der Waals surface area contributed by atoms with Gasteiger partial charge in [0.2, 0.25) is 5.88 Å². The van der Waals surface area contributed by atoms with Crippen LogP contribution >= 0.6 is 0 Å². The summed E-state index contributed by atoms with van der Waals surface area (Å²) in [5.41, 5.74) is 1.18. The summed E-state index contributed by atoms with van der Waals surface area (Å²) in [5, 5.41) is 10.6. The van der Waals surface area contributed by atoms with Gasteiger partial charge in [-0.1, -0.05) is 6.07 Å². The van der Waals surface area contributed by atoms with Crippen molar-refractivity contribution in [1.29, 1.82) is 0 Å². The van der Waals surface area contributed by atoms with Gasteiger partial charge in [0.15, 0.2) is 0 Å². The van der Waals surface area contributed by atoms with Crippen molar-refractivity contribution in [3.63, 3.8) is 0 Å². The van der Waals surface area contributed by atoms with Gasteiger partial charge in [0.05, 0.1) is 18.9 Å². The van der Waals surface area contributed by atoms with E-state index in [4.69, 9.17) is 4.74 Å². The van der Waals surface area contributed by atoms with Crippen molar-refractivity contribution in [2.24, 2.45) is 4.99 Å². The van der Waals surface area contributed by atoms with Gasteiger partial charge in [-0.3, -0.25) is 19.7 Å². The van der Waals surface area contributed by atoms with Crippen molar-refractivity contribution >= 4 is 6.21 Å². The monoisotopic (exact) mass is 386 g/mol.